The van der Waals surface area contributed by atoms with Gasteiger partial charge in [0.25, 0.3) is 10.0 Å². The molecule has 0 spiro atoms. The third-order valence-corrected chi connectivity index (χ3v) is 8.70. The third-order valence-electron chi connectivity index (χ3n) is 6.12. The summed E-state index contributed by atoms with van der Waals surface area (Å²) >= 11 is 9.83. The topological polar surface area (TPSA) is 76.2 Å². The van der Waals surface area contributed by atoms with Crippen LogP contribution in [0.25, 0.3) is 0 Å². The second kappa shape index (κ2) is 10.3. The van der Waals surface area contributed by atoms with Crippen molar-refractivity contribution in [3.8, 4) is 11.5 Å². The van der Waals surface area contributed by atoms with Crippen LogP contribution >= 0.6 is 27.5 Å². The van der Waals surface area contributed by atoms with E-state index in [1.165, 1.54) is 26.4 Å². The number of halogens is 2. The van der Waals surface area contributed by atoms with E-state index >= 15 is 0 Å². The molecule has 0 aliphatic carbocycles. The normalized spacial score (nSPS) is 14.9. The SMILES string of the molecule is COc1ccc(N(CC(=O)N2c3ccc(Br)cc3C[C@@H]2C)S(=O)(=O)c2cc(C)ccc2OC)cc1Cl. The van der Waals surface area contributed by atoms with Crippen LogP contribution in [0.3, 0.4) is 0 Å². The number of fused-ring (bicyclic) bond motifs is 1. The van der Waals surface area contributed by atoms with Crippen molar-refractivity contribution in [3.05, 3.63) is 75.2 Å². The lowest BCUT2D eigenvalue weighted by Crippen LogP contribution is -2.45. The Morgan fingerprint density at radius 1 is 1.08 bits per heavy atom. The standard InChI is InChI=1S/C26H26BrClN2O5S/c1-16-5-9-24(35-4)25(11-16)36(32,33)29(20-7-10-23(34-3)21(28)14-20)15-26(31)30-17(2)12-18-13-19(27)6-8-22(18)30/h5-11,13-14,17H,12,15H2,1-4H3/t17-/m0/s1. The Morgan fingerprint density at radius 3 is 2.44 bits per heavy atom. The molecule has 1 aliphatic rings. The van der Waals surface area contributed by atoms with E-state index < -0.39 is 16.6 Å². The minimum absolute atomic E-state index is 0.0384. The summed E-state index contributed by atoms with van der Waals surface area (Å²) in [4.78, 5) is 15.3. The van der Waals surface area contributed by atoms with E-state index in [-0.39, 0.29) is 33.3 Å². The van der Waals surface area contributed by atoms with Crippen molar-refractivity contribution in [2.45, 2.75) is 31.2 Å². The number of carbonyl (C=O) groups excluding carboxylic acids is 1. The van der Waals surface area contributed by atoms with Gasteiger partial charge in [0, 0.05) is 16.2 Å². The summed E-state index contributed by atoms with van der Waals surface area (Å²) < 4.78 is 40.7. The van der Waals surface area contributed by atoms with Crippen molar-refractivity contribution in [2.24, 2.45) is 0 Å². The summed E-state index contributed by atoms with van der Waals surface area (Å²) in [5.74, 6) is 0.220. The first kappa shape index (κ1) is 26.3. The average molecular weight is 594 g/mol. The van der Waals surface area contributed by atoms with Gasteiger partial charge >= 0.3 is 0 Å². The predicted octanol–water partition coefficient (Wildman–Crippen LogP) is 5.60. The molecule has 0 bridgehead atoms. The van der Waals surface area contributed by atoms with E-state index in [2.05, 4.69) is 15.9 Å². The molecule has 190 valence electrons. The minimum atomic E-state index is -4.23. The number of methoxy groups -OCH3 is 2. The molecule has 36 heavy (non-hydrogen) atoms. The number of amides is 1. The smallest absolute Gasteiger partial charge is 0.268 e. The first-order valence-electron chi connectivity index (χ1n) is 11.2. The molecule has 7 nitrogen and oxygen atoms in total. The number of nitrogens with zero attached hydrogens (tertiary/aromatic N) is 2. The molecule has 0 saturated heterocycles. The molecule has 3 aromatic rings. The highest BCUT2D eigenvalue weighted by Crippen LogP contribution is 2.37. The van der Waals surface area contributed by atoms with Gasteiger partial charge in [-0.1, -0.05) is 33.6 Å². The molecule has 1 amide bonds. The van der Waals surface area contributed by atoms with Crippen molar-refractivity contribution in [1.29, 1.82) is 0 Å². The number of hydrogen-bond donors (Lipinski definition) is 0. The Balaban J connectivity index is 1.81. The predicted molar refractivity (Wildman–Crippen MR) is 145 cm³/mol. The van der Waals surface area contributed by atoms with Crippen LogP contribution in [0.1, 0.15) is 18.1 Å². The maximum Gasteiger partial charge on any atom is 0.268 e. The second-order valence-corrected chi connectivity index (χ2v) is 11.7. The quantitative estimate of drug-likeness (QED) is 0.356. The maximum atomic E-state index is 14.0. The van der Waals surface area contributed by atoms with Gasteiger partial charge in [0.05, 0.1) is 24.9 Å². The molecule has 1 atom stereocenters. The molecule has 4 rings (SSSR count). The maximum absolute atomic E-state index is 14.0. The number of sulfonamides is 1. The fourth-order valence-electron chi connectivity index (χ4n) is 4.41. The highest BCUT2D eigenvalue weighted by atomic mass is 79.9. The summed E-state index contributed by atoms with van der Waals surface area (Å²) in [6.07, 6.45) is 0.674. The van der Waals surface area contributed by atoms with Gasteiger partial charge in [0.1, 0.15) is 22.9 Å². The van der Waals surface area contributed by atoms with Crippen molar-refractivity contribution < 1.29 is 22.7 Å². The largest absolute Gasteiger partial charge is 0.495 e. The van der Waals surface area contributed by atoms with Gasteiger partial charge in [-0.25, -0.2) is 8.42 Å². The number of aryl methyl sites for hydroxylation is 1. The summed E-state index contributed by atoms with van der Waals surface area (Å²) in [5, 5.41) is 0.226. The molecule has 0 radical (unpaired) electrons. The first-order chi connectivity index (χ1) is 17.1. The molecule has 10 heteroatoms. The molecule has 3 aromatic carbocycles. The molecular weight excluding hydrogens is 568 g/mol. The monoisotopic (exact) mass is 592 g/mol. The zero-order chi connectivity index (χ0) is 26.2. The molecule has 0 unspecified atom stereocenters. The van der Waals surface area contributed by atoms with Crippen molar-refractivity contribution in [1.82, 2.24) is 0 Å². The van der Waals surface area contributed by atoms with Gasteiger partial charge in [-0.2, -0.15) is 0 Å². The molecule has 1 heterocycles. The van der Waals surface area contributed by atoms with E-state index in [4.69, 9.17) is 21.1 Å². The fraction of sp³-hybridized carbons (Fsp3) is 0.269. The van der Waals surface area contributed by atoms with Crippen LogP contribution in [0.5, 0.6) is 11.5 Å². The highest BCUT2D eigenvalue weighted by molar-refractivity contribution is 9.10. The van der Waals surface area contributed by atoms with Gasteiger partial charge in [-0.15, -0.1) is 0 Å². The zero-order valence-corrected chi connectivity index (χ0v) is 23.4. The van der Waals surface area contributed by atoms with Gasteiger partial charge in [-0.05, 0) is 79.9 Å². The van der Waals surface area contributed by atoms with Crippen LogP contribution in [-0.2, 0) is 21.2 Å². The molecule has 0 N–H and O–H groups in total. The van der Waals surface area contributed by atoms with Crippen LogP contribution in [0.2, 0.25) is 5.02 Å². The van der Waals surface area contributed by atoms with Crippen molar-refractivity contribution in [2.75, 3.05) is 30.0 Å². The van der Waals surface area contributed by atoms with Gasteiger partial charge < -0.3 is 14.4 Å². The number of hydrogen-bond acceptors (Lipinski definition) is 5. The Kier molecular flexibility index (Phi) is 7.54. The third kappa shape index (κ3) is 4.92. The number of anilines is 2. The van der Waals surface area contributed by atoms with Crippen LogP contribution in [-0.4, -0.2) is 41.1 Å². The number of benzene rings is 3. The Bertz CT molecular complexity index is 1430. The molecule has 1 aliphatic heterocycles. The van der Waals surface area contributed by atoms with E-state index in [1.807, 2.05) is 25.1 Å². The molecule has 0 saturated carbocycles. The van der Waals surface area contributed by atoms with Crippen molar-refractivity contribution in [3.63, 3.8) is 0 Å². The van der Waals surface area contributed by atoms with Gasteiger partial charge in [-0.3, -0.25) is 9.10 Å². The lowest BCUT2D eigenvalue weighted by Gasteiger charge is -2.29. The summed E-state index contributed by atoms with van der Waals surface area (Å²) in [6, 6.07) is 15.1. The number of ether oxygens (including phenoxy) is 2. The number of rotatable bonds is 7. The Hall–Kier alpha value is -2.75. The van der Waals surface area contributed by atoms with E-state index in [0.29, 0.717) is 12.2 Å². The van der Waals surface area contributed by atoms with Crippen LogP contribution in [0, 0.1) is 6.92 Å². The lowest BCUT2D eigenvalue weighted by atomic mass is 10.1. The zero-order valence-electron chi connectivity index (χ0n) is 20.3. The highest BCUT2D eigenvalue weighted by Gasteiger charge is 2.36. The van der Waals surface area contributed by atoms with Gasteiger partial charge in [0.15, 0.2) is 0 Å². The Labute approximate surface area is 224 Å². The van der Waals surface area contributed by atoms with E-state index in [0.717, 1.165) is 25.6 Å². The fourth-order valence-corrected chi connectivity index (χ4v) is 6.72. The van der Waals surface area contributed by atoms with Crippen LogP contribution in [0.4, 0.5) is 11.4 Å². The van der Waals surface area contributed by atoms with Gasteiger partial charge in [0.2, 0.25) is 5.91 Å². The van der Waals surface area contributed by atoms with E-state index in [9.17, 15) is 13.2 Å². The average Bonchev–Trinajstić information content (AvgIpc) is 3.16. The summed E-state index contributed by atoms with van der Waals surface area (Å²) in [6.45, 7) is 3.31. The van der Waals surface area contributed by atoms with Crippen LogP contribution < -0.4 is 18.7 Å². The van der Waals surface area contributed by atoms with Crippen molar-refractivity contribution >= 4 is 54.8 Å². The number of carbonyl (C=O) groups is 1. The lowest BCUT2D eigenvalue weighted by molar-refractivity contribution is -0.117. The minimum Gasteiger partial charge on any atom is -0.495 e. The molecule has 0 aromatic heterocycles. The van der Waals surface area contributed by atoms with Crippen LogP contribution in [0.15, 0.2) is 64.0 Å². The second-order valence-electron chi connectivity index (χ2n) is 8.57. The van der Waals surface area contributed by atoms with E-state index in [1.54, 1.807) is 36.1 Å². The first-order valence-corrected chi connectivity index (χ1v) is 13.8. The summed E-state index contributed by atoms with van der Waals surface area (Å²) in [7, 11) is -1.35. The molecular formula is C26H26BrClN2O5S. The summed E-state index contributed by atoms with van der Waals surface area (Å²) in [5.41, 5.74) is 2.77. The molecule has 0 fully saturated rings. The Morgan fingerprint density at radius 2 is 1.78 bits per heavy atom.